The molecule has 3 heterocycles. The number of hydrogen-bond donors (Lipinski definition) is 3. The van der Waals surface area contributed by atoms with Crippen molar-refractivity contribution < 1.29 is 14.1 Å². The molecule has 170 valence electrons. The number of hydrogen-bond acceptors (Lipinski definition) is 8. The minimum absolute atomic E-state index is 0.188. The van der Waals surface area contributed by atoms with Crippen LogP contribution in [0.1, 0.15) is 26.5 Å². The largest absolute Gasteiger partial charge is 0.455 e. The number of aromatic amines is 1. The van der Waals surface area contributed by atoms with E-state index in [4.69, 9.17) is 9.26 Å². The Morgan fingerprint density at radius 1 is 1.15 bits per heavy atom. The summed E-state index contributed by atoms with van der Waals surface area (Å²) >= 11 is 1.45. The second kappa shape index (κ2) is 8.94. The summed E-state index contributed by atoms with van der Waals surface area (Å²) in [4.78, 5) is 35.6. The number of rotatable bonds is 5. The number of benzene rings is 1. The Hall–Kier alpha value is -3.86. The molecule has 4 aromatic rings. The van der Waals surface area contributed by atoms with Gasteiger partial charge >= 0.3 is 6.03 Å². The van der Waals surface area contributed by atoms with Gasteiger partial charge in [-0.25, -0.2) is 14.8 Å². The van der Waals surface area contributed by atoms with E-state index >= 15 is 0 Å². The van der Waals surface area contributed by atoms with E-state index in [-0.39, 0.29) is 16.9 Å². The van der Waals surface area contributed by atoms with Gasteiger partial charge in [0.05, 0.1) is 17.6 Å². The quantitative estimate of drug-likeness (QED) is 0.358. The standard InChI is InChI=1S/C22H22N6O4S/c1-22(2,3)16-10-18(32-28-16)27-21(30)25-13-6-5-12(9-15(13)33-4)31-14-7-8-23-20-19(14)24-11-17(29)26-20/h5-11H,1-4H3,(H,23,26,29)(H2,25,27,30). The highest BCUT2D eigenvalue weighted by Gasteiger charge is 2.20. The average molecular weight is 467 g/mol. The van der Waals surface area contributed by atoms with Crippen LogP contribution in [0.25, 0.3) is 11.2 Å². The van der Waals surface area contributed by atoms with E-state index in [0.717, 1.165) is 10.6 Å². The number of H-pyrrole nitrogens is 1. The Morgan fingerprint density at radius 2 is 1.97 bits per heavy atom. The van der Waals surface area contributed by atoms with Crippen LogP contribution in [0.15, 0.2) is 56.9 Å². The number of carbonyl (C=O) groups is 1. The normalized spacial score (nSPS) is 11.4. The third-order valence-corrected chi connectivity index (χ3v) is 5.38. The van der Waals surface area contributed by atoms with E-state index in [0.29, 0.717) is 28.4 Å². The summed E-state index contributed by atoms with van der Waals surface area (Å²) in [5.74, 6) is 1.25. The fourth-order valence-corrected chi connectivity index (χ4v) is 3.50. The van der Waals surface area contributed by atoms with Crippen molar-refractivity contribution in [1.29, 1.82) is 0 Å². The molecular weight excluding hydrogens is 444 g/mol. The van der Waals surface area contributed by atoms with Gasteiger partial charge in [0, 0.05) is 28.6 Å². The number of pyridine rings is 1. The van der Waals surface area contributed by atoms with Gasteiger partial charge in [-0.05, 0) is 24.5 Å². The van der Waals surface area contributed by atoms with Crippen molar-refractivity contribution in [3.05, 3.63) is 58.8 Å². The Balaban J connectivity index is 1.50. The van der Waals surface area contributed by atoms with Crippen molar-refractivity contribution >= 4 is 40.5 Å². The van der Waals surface area contributed by atoms with Crippen LogP contribution >= 0.6 is 11.8 Å². The number of nitrogens with one attached hydrogen (secondary N) is 3. The van der Waals surface area contributed by atoms with Crippen LogP contribution in [-0.2, 0) is 5.41 Å². The molecule has 0 aliphatic rings. The van der Waals surface area contributed by atoms with Gasteiger partial charge in [0.1, 0.15) is 11.3 Å². The van der Waals surface area contributed by atoms with Gasteiger partial charge < -0.3 is 19.6 Å². The van der Waals surface area contributed by atoms with E-state index in [1.54, 1.807) is 30.3 Å². The number of carbonyl (C=O) groups excluding carboxylic acids is 1. The lowest BCUT2D eigenvalue weighted by atomic mass is 9.92. The molecule has 0 atom stereocenters. The maximum absolute atomic E-state index is 12.5. The summed E-state index contributed by atoms with van der Waals surface area (Å²) in [6.07, 6.45) is 4.59. The molecule has 0 unspecified atom stereocenters. The predicted molar refractivity (Wildman–Crippen MR) is 126 cm³/mol. The van der Waals surface area contributed by atoms with Crippen molar-refractivity contribution in [2.75, 3.05) is 16.9 Å². The number of fused-ring (bicyclic) bond motifs is 1. The lowest BCUT2D eigenvalue weighted by Crippen LogP contribution is -2.19. The van der Waals surface area contributed by atoms with E-state index < -0.39 is 6.03 Å². The highest BCUT2D eigenvalue weighted by Crippen LogP contribution is 2.33. The summed E-state index contributed by atoms with van der Waals surface area (Å²) < 4.78 is 11.2. The Bertz CT molecular complexity index is 1380. The maximum atomic E-state index is 12.5. The summed E-state index contributed by atoms with van der Waals surface area (Å²) in [5, 5.41) is 9.45. The first-order valence-electron chi connectivity index (χ1n) is 9.98. The molecule has 0 aliphatic heterocycles. The zero-order chi connectivity index (χ0) is 23.6. The predicted octanol–water partition coefficient (Wildman–Crippen LogP) is 4.76. The van der Waals surface area contributed by atoms with Crippen molar-refractivity contribution in [3.8, 4) is 11.5 Å². The van der Waals surface area contributed by atoms with Crippen LogP contribution in [0.2, 0.25) is 0 Å². The van der Waals surface area contributed by atoms with Crippen molar-refractivity contribution in [3.63, 3.8) is 0 Å². The van der Waals surface area contributed by atoms with Gasteiger partial charge in [-0.3, -0.25) is 10.1 Å². The van der Waals surface area contributed by atoms with Crippen LogP contribution in [0.3, 0.4) is 0 Å². The van der Waals surface area contributed by atoms with Gasteiger partial charge in [0.15, 0.2) is 11.4 Å². The molecule has 0 saturated carbocycles. The summed E-state index contributed by atoms with van der Waals surface area (Å²) in [6, 6.07) is 8.16. The van der Waals surface area contributed by atoms with Crippen LogP contribution in [0.5, 0.6) is 11.5 Å². The molecule has 4 rings (SSSR count). The molecule has 0 spiro atoms. The topological polar surface area (TPSA) is 135 Å². The molecule has 33 heavy (non-hydrogen) atoms. The SMILES string of the molecule is CSc1cc(Oc2ccnc3[nH]c(=O)cnc23)ccc1NC(=O)Nc1cc(C(C)(C)C)no1. The second-order valence-corrected chi connectivity index (χ2v) is 8.97. The number of ether oxygens (including phenoxy) is 1. The molecule has 3 aromatic heterocycles. The molecule has 0 fully saturated rings. The zero-order valence-corrected chi connectivity index (χ0v) is 19.2. The minimum Gasteiger partial charge on any atom is -0.455 e. The van der Waals surface area contributed by atoms with Gasteiger partial charge in [0.25, 0.3) is 5.56 Å². The molecule has 0 aliphatic carbocycles. The zero-order valence-electron chi connectivity index (χ0n) is 18.4. The lowest BCUT2D eigenvalue weighted by Gasteiger charge is -2.13. The number of anilines is 2. The Kier molecular flexibility index (Phi) is 6.05. The van der Waals surface area contributed by atoms with Crippen molar-refractivity contribution in [2.45, 2.75) is 31.1 Å². The fourth-order valence-electron chi connectivity index (χ4n) is 2.93. The van der Waals surface area contributed by atoms with Gasteiger partial charge in [-0.2, -0.15) is 0 Å². The van der Waals surface area contributed by atoms with Crippen LogP contribution in [-0.4, -0.2) is 32.4 Å². The number of amides is 2. The Morgan fingerprint density at radius 3 is 2.70 bits per heavy atom. The number of thioether (sulfide) groups is 1. The summed E-state index contributed by atoms with van der Waals surface area (Å²) in [5.41, 5.74) is 1.59. The minimum atomic E-state index is -0.455. The lowest BCUT2D eigenvalue weighted by molar-refractivity contribution is 0.261. The molecule has 1 aromatic carbocycles. The molecule has 3 N–H and O–H groups in total. The first-order chi connectivity index (χ1) is 15.7. The van der Waals surface area contributed by atoms with Gasteiger partial charge in [-0.15, -0.1) is 11.8 Å². The third-order valence-electron chi connectivity index (χ3n) is 4.60. The Labute approximate surface area is 193 Å². The molecule has 0 bridgehead atoms. The van der Waals surface area contributed by atoms with E-state index in [9.17, 15) is 9.59 Å². The van der Waals surface area contributed by atoms with Crippen molar-refractivity contribution in [2.24, 2.45) is 0 Å². The smallest absolute Gasteiger partial charge is 0.326 e. The number of urea groups is 1. The van der Waals surface area contributed by atoms with Crippen LogP contribution in [0, 0.1) is 0 Å². The molecule has 0 radical (unpaired) electrons. The number of nitrogens with zero attached hydrogens (tertiary/aromatic N) is 3. The maximum Gasteiger partial charge on any atom is 0.326 e. The van der Waals surface area contributed by atoms with E-state index in [1.807, 2.05) is 27.0 Å². The van der Waals surface area contributed by atoms with E-state index in [2.05, 4.69) is 30.7 Å². The molecule has 10 nitrogen and oxygen atoms in total. The average Bonchev–Trinajstić information content (AvgIpc) is 3.23. The molecule has 2 amide bonds. The fraction of sp³-hybridized carbons (Fsp3) is 0.227. The number of aromatic nitrogens is 4. The molecule has 11 heteroatoms. The summed E-state index contributed by atoms with van der Waals surface area (Å²) in [6.45, 7) is 6.02. The first-order valence-corrected chi connectivity index (χ1v) is 11.2. The first kappa shape index (κ1) is 22.3. The second-order valence-electron chi connectivity index (χ2n) is 8.12. The molecular formula is C22H22N6O4S. The van der Waals surface area contributed by atoms with Crippen LogP contribution < -0.4 is 20.9 Å². The van der Waals surface area contributed by atoms with E-state index in [1.165, 1.54) is 24.2 Å². The third kappa shape index (κ3) is 5.14. The molecule has 0 saturated heterocycles. The summed E-state index contributed by atoms with van der Waals surface area (Å²) in [7, 11) is 0. The highest BCUT2D eigenvalue weighted by molar-refractivity contribution is 7.98. The monoisotopic (exact) mass is 466 g/mol. The van der Waals surface area contributed by atoms with Crippen LogP contribution in [0.4, 0.5) is 16.4 Å². The highest BCUT2D eigenvalue weighted by atomic mass is 32.2. The van der Waals surface area contributed by atoms with Gasteiger partial charge in [-0.1, -0.05) is 25.9 Å². The van der Waals surface area contributed by atoms with Gasteiger partial charge in [0.2, 0.25) is 5.88 Å². The van der Waals surface area contributed by atoms with Crippen molar-refractivity contribution in [1.82, 2.24) is 20.1 Å².